The lowest BCUT2D eigenvalue weighted by Gasteiger charge is -2.31. The van der Waals surface area contributed by atoms with Crippen LogP contribution in [0.5, 0.6) is 11.5 Å². The van der Waals surface area contributed by atoms with Crippen LogP contribution >= 0.6 is 0 Å². The molecule has 2 aromatic rings. The molecule has 4 rings (SSSR count). The third-order valence-electron chi connectivity index (χ3n) is 9.17. The second-order valence-corrected chi connectivity index (χ2v) is 12.9. The zero-order valence-electron chi connectivity index (χ0n) is 27.4. The molecule has 0 spiro atoms. The van der Waals surface area contributed by atoms with Gasteiger partial charge in [-0.25, -0.2) is 0 Å². The molecule has 2 aliphatic heterocycles. The Kier molecular flexibility index (Phi) is 14.7. The highest BCUT2D eigenvalue weighted by atomic mass is 16.5. The summed E-state index contributed by atoms with van der Waals surface area (Å²) in [5.74, 6) is 2.07. The van der Waals surface area contributed by atoms with Gasteiger partial charge in [-0.3, -0.25) is 9.59 Å². The van der Waals surface area contributed by atoms with Gasteiger partial charge in [-0.2, -0.15) is 0 Å². The van der Waals surface area contributed by atoms with E-state index < -0.39 is 0 Å². The molecule has 0 N–H and O–H groups in total. The van der Waals surface area contributed by atoms with Crippen LogP contribution in [0.3, 0.4) is 0 Å². The van der Waals surface area contributed by atoms with Crippen molar-refractivity contribution in [3.05, 3.63) is 59.7 Å². The summed E-state index contributed by atoms with van der Waals surface area (Å²) in [4.78, 5) is 32.5. The van der Waals surface area contributed by atoms with Crippen LogP contribution in [-0.2, 0) is 0 Å². The van der Waals surface area contributed by atoms with Crippen LogP contribution in [0, 0.1) is 11.8 Å². The first-order valence-corrected chi connectivity index (χ1v) is 17.6. The van der Waals surface area contributed by atoms with Gasteiger partial charge in [-0.15, -0.1) is 0 Å². The maximum absolute atomic E-state index is 13.8. The molecule has 0 amide bonds. The molecule has 2 aliphatic rings. The van der Waals surface area contributed by atoms with E-state index in [1.165, 1.54) is 38.5 Å². The molecule has 2 heterocycles. The summed E-state index contributed by atoms with van der Waals surface area (Å²) >= 11 is 0. The fraction of sp³-hybridized carbons (Fsp3) is 0.632. The molecule has 6 heteroatoms. The van der Waals surface area contributed by atoms with Gasteiger partial charge >= 0.3 is 0 Å². The summed E-state index contributed by atoms with van der Waals surface area (Å²) in [6.45, 7) is 11.6. The van der Waals surface area contributed by atoms with Crippen molar-refractivity contribution in [2.75, 3.05) is 52.5 Å². The van der Waals surface area contributed by atoms with E-state index in [9.17, 15) is 9.59 Å². The van der Waals surface area contributed by atoms with Crippen LogP contribution in [0.25, 0.3) is 0 Å². The Morgan fingerprint density at radius 1 is 0.591 bits per heavy atom. The molecule has 0 aliphatic carbocycles. The van der Waals surface area contributed by atoms with Gasteiger partial charge in [-0.1, -0.05) is 39.5 Å². The second-order valence-electron chi connectivity index (χ2n) is 12.9. The number of nitrogens with zero attached hydrogens (tertiary/aromatic N) is 2. The van der Waals surface area contributed by atoms with Gasteiger partial charge in [0, 0.05) is 36.1 Å². The lowest BCUT2D eigenvalue weighted by Crippen LogP contribution is -2.37. The third-order valence-corrected chi connectivity index (χ3v) is 9.17. The van der Waals surface area contributed by atoms with Crippen LogP contribution in [0.2, 0.25) is 0 Å². The number of unbranched alkanes of at least 4 members (excludes halogenated alkanes) is 1. The minimum absolute atomic E-state index is 0.0255. The lowest BCUT2D eigenvalue weighted by molar-refractivity contribution is 0.0833. The first-order valence-electron chi connectivity index (χ1n) is 17.6. The van der Waals surface area contributed by atoms with Gasteiger partial charge in [-0.05, 0) is 126 Å². The molecule has 2 atom stereocenters. The molecule has 0 unspecified atom stereocenters. The molecule has 2 fully saturated rings. The Morgan fingerprint density at radius 2 is 0.955 bits per heavy atom. The van der Waals surface area contributed by atoms with E-state index in [0.29, 0.717) is 13.2 Å². The van der Waals surface area contributed by atoms with Gasteiger partial charge in [0.25, 0.3) is 0 Å². The molecule has 0 aromatic heterocycles. The summed E-state index contributed by atoms with van der Waals surface area (Å²) < 4.78 is 11.5. The highest BCUT2D eigenvalue weighted by Crippen LogP contribution is 2.25. The molecule has 2 aromatic carbocycles. The number of ketones is 2. The van der Waals surface area contributed by atoms with E-state index in [2.05, 4.69) is 23.6 Å². The molecular weight excluding hydrogens is 548 g/mol. The fourth-order valence-corrected chi connectivity index (χ4v) is 6.64. The zero-order valence-corrected chi connectivity index (χ0v) is 27.4. The third kappa shape index (κ3) is 11.0. The van der Waals surface area contributed by atoms with Crippen molar-refractivity contribution in [1.29, 1.82) is 0 Å². The summed E-state index contributed by atoms with van der Waals surface area (Å²) in [5, 5.41) is 0. The SMILES string of the molecule is CCCOc1ccc(C(=O)[C@H](CCCC[C@H](CN2CCCCC2)C(=O)c2ccc(OCCC)cc2)CN2CCCCC2)cc1. The predicted octanol–water partition coefficient (Wildman–Crippen LogP) is 8.09. The number of benzene rings is 2. The number of hydrogen-bond donors (Lipinski definition) is 0. The largest absolute Gasteiger partial charge is 0.494 e. The average Bonchev–Trinajstić information content (AvgIpc) is 3.08. The highest BCUT2D eigenvalue weighted by Gasteiger charge is 2.26. The van der Waals surface area contributed by atoms with Crippen molar-refractivity contribution < 1.29 is 19.1 Å². The average molecular weight is 605 g/mol. The first kappa shape index (κ1) is 34.2. The number of Topliss-reactive ketones (excluding diaryl/α,β-unsaturated/α-hetero) is 2. The summed E-state index contributed by atoms with van der Waals surface area (Å²) in [6, 6.07) is 15.5. The van der Waals surface area contributed by atoms with Gasteiger partial charge < -0.3 is 19.3 Å². The monoisotopic (exact) mass is 604 g/mol. The molecule has 0 saturated carbocycles. The molecule has 0 bridgehead atoms. The lowest BCUT2D eigenvalue weighted by atomic mass is 9.88. The standard InChI is InChI=1S/C38H56N2O4/c1-3-27-43-35-19-15-31(16-20-35)37(41)33(29-39-23-9-5-10-24-39)13-7-8-14-34(30-40-25-11-6-12-26-40)38(42)32-17-21-36(22-18-32)44-28-4-2/h15-22,33-34H,3-14,23-30H2,1-2H3/t33-,34-/m1/s1. The van der Waals surface area contributed by atoms with E-state index in [1.54, 1.807) is 0 Å². The number of piperidine rings is 2. The minimum atomic E-state index is -0.0255. The number of carbonyl (C=O) groups excluding carboxylic acids is 2. The van der Waals surface area contributed by atoms with E-state index in [-0.39, 0.29) is 23.4 Å². The first-order chi connectivity index (χ1) is 21.6. The summed E-state index contributed by atoms with van der Waals surface area (Å²) in [6.07, 6.45) is 13.0. The van der Waals surface area contributed by atoms with Crippen LogP contribution in [0.15, 0.2) is 48.5 Å². The topological polar surface area (TPSA) is 59.1 Å². The van der Waals surface area contributed by atoms with Crippen molar-refractivity contribution >= 4 is 11.6 Å². The van der Waals surface area contributed by atoms with Crippen molar-refractivity contribution in [2.24, 2.45) is 11.8 Å². The molecule has 44 heavy (non-hydrogen) atoms. The second kappa shape index (κ2) is 19.0. The Morgan fingerprint density at radius 3 is 1.30 bits per heavy atom. The maximum atomic E-state index is 13.8. The Hall–Kier alpha value is -2.70. The van der Waals surface area contributed by atoms with Gasteiger partial charge in [0.2, 0.25) is 0 Å². The van der Waals surface area contributed by atoms with Gasteiger partial charge in [0.15, 0.2) is 11.6 Å². The molecule has 0 radical (unpaired) electrons. The molecule has 2 saturated heterocycles. The predicted molar refractivity (Wildman–Crippen MR) is 179 cm³/mol. The number of hydrogen-bond acceptors (Lipinski definition) is 6. The van der Waals surface area contributed by atoms with Crippen LogP contribution in [0.4, 0.5) is 0 Å². The molecular formula is C38H56N2O4. The Balaban J connectivity index is 1.38. The van der Waals surface area contributed by atoms with Crippen LogP contribution < -0.4 is 9.47 Å². The number of rotatable bonds is 19. The van der Waals surface area contributed by atoms with Gasteiger partial charge in [0.1, 0.15) is 11.5 Å². The number of ether oxygens (including phenoxy) is 2. The van der Waals surface area contributed by atoms with Gasteiger partial charge in [0.05, 0.1) is 13.2 Å². The number of carbonyl (C=O) groups is 2. The van der Waals surface area contributed by atoms with E-state index in [4.69, 9.17) is 9.47 Å². The fourth-order valence-electron chi connectivity index (χ4n) is 6.64. The van der Waals surface area contributed by atoms with E-state index in [0.717, 1.165) is 100 Å². The quantitative estimate of drug-likeness (QED) is 0.119. The zero-order chi connectivity index (χ0) is 31.0. The van der Waals surface area contributed by atoms with Crippen molar-refractivity contribution in [3.8, 4) is 11.5 Å². The minimum Gasteiger partial charge on any atom is -0.494 e. The molecule has 242 valence electrons. The van der Waals surface area contributed by atoms with Crippen molar-refractivity contribution in [1.82, 2.24) is 9.80 Å². The van der Waals surface area contributed by atoms with Crippen molar-refractivity contribution in [2.45, 2.75) is 90.9 Å². The van der Waals surface area contributed by atoms with Crippen LogP contribution in [-0.4, -0.2) is 73.8 Å². The number of likely N-dealkylation sites (tertiary alicyclic amines) is 2. The Bertz CT molecular complexity index is 1020. The van der Waals surface area contributed by atoms with E-state index >= 15 is 0 Å². The highest BCUT2D eigenvalue weighted by molar-refractivity contribution is 5.98. The van der Waals surface area contributed by atoms with Crippen molar-refractivity contribution in [3.63, 3.8) is 0 Å². The Labute approximate surface area is 266 Å². The van der Waals surface area contributed by atoms with E-state index in [1.807, 2.05) is 48.5 Å². The summed E-state index contributed by atoms with van der Waals surface area (Å²) in [5.41, 5.74) is 1.56. The normalized spacial score (nSPS) is 17.6. The summed E-state index contributed by atoms with van der Waals surface area (Å²) in [7, 11) is 0. The van der Waals surface area contributed by atoms with Crippen LogP contribution in [0.1, 0.15) is 112 Å². The smallest absolute Gasteiger partial charge is 0.167 e. The maximum Gasteiger partial charge on any atom is 0.167 e. The molecule has 6 nitrogen and oxygen atoms in total.